The fourth-order valence-corrected chi connectivity index (χ4v) is 3.64. The van der Waals surface area contributed by atoms with E-state index in [2.05, 4.69) is 53.2 Å². The van der Waals surface area contributed by atoms with Gasteiger partial charge in [0.1, 0.15) is 0 Å². The molecule has 1 unspecified atom stereocenters. The summed E-state index contributed by atoms with van der Waals surface area (Å²) in [5.74, 6) is 0.859. The molecule has 1 atom stereocenters. The maximum absolute atomic E-state index is 3.56. The van der Waals surface area contributed by atoms with Crippen molar-refractivity contribution in [3.05, 3.63) is 35.9 Å². The first-order chi connectivity index (χ1) is 11.8. The predicted octanol–water partition coefficient (Wildman–Crippen LogP) is 8.33. The number of aryl methyl sites for hydroxylation is 1. The van der Waals surface area contributed by atoms with Gasteiger partial charge in [0.15, 0.2) is 0 Å². The molecule has 0 radical (unpaired) electrons. The molecule has 138 valence electrons. The highest BCUT2D eigenvalue weighted by Gasteiger charge is 1.99. The van der Waals surface area contributed by atoms with Gasteiger partial charge in [-0.25, -0.2) is 0 Å². The zero-order valence-corrected chi connectivity index (χ0v) is 17.5. The minimum atomic E-state index is 0.859. The van der Waals surface area contributed by atoms with E-state index in [1.165, 1.54) is 101 Å². The van der Waals surface area contributed by atoms with Crippen LogP contribution in [-0.4, -0.2) is 5.33 Å². The van der Waals surface area contributed by atoms with Crippen molar-refractivity contribution < 1.29 is 0 Å². The highest BCUT2D eigenvalue weighted by molar-refractivity contribution is 9.09. The summed E-state index contributed by atoms with van der Waals surface area (Å²) in [5, 5.41) is 1.17. The summed E-state index contributed by atoms with van der Waals surface area (Å²) in [5.41, 5.74) is 1.50. The van der Waals surface area contributed by atoms with E-state index in [0.29, 0.717) is 0 Å². The van der Waals surface area contributed by atoms with Crippen LogP contribution in [0.4, 0.5) is 0 Å². The third-order valence-corrected chi connectivity index (χ3v) is 6.12. The number of benzene rings is 1. The van der Waals surface area contributed by atoms with Crippen LogP contribution in [0.2, 0.25) is 0 Å². The SMILES string of the molecule is CC(CBr)CCCCCCCCCCCCCCc1ccccc1. The molecule has 0 spiro atoms. The summed E-state index contributed by atoms with van der Waals surface area (Å²) < 4.78 is 0. The number of hydrogen-bond donors (Lipinski definition) is 0. The smallest absolute Gasteiger partial charge is 0.00570 e. The van der Waals surface area contributed by atoms with Crippen LogP contribution >= 0.6 is 15.9 Å². The first-order valence-electron chi connectivity index (χ1n) is 10.4. The van der Waals surface area contributed by atoms with E-state index < -0.39 is 0 Å². The van der Waals surface area contributed by atoms with Gasteiger partial charge < -0.3 is 0 Å². The molecule has 0 aliphatic heterocycles. The Balaban J connectivity index is 1.73. The average molecular weight is 395 g/mol. The van der Waals surface area contributed by atoms with E-state index in [9.17, 15) is 0 Å². The van der Waals surface area contributed by atoms with E-state index in [1.54, 1.807) is 0 Å². The van der Waals surface area contributed by atoms with Crippen LogP contribution in [0.25, 0.3) is 0 Å². The molecule has 1 aromatic carbocycles. The van der Waals surface area contributed by atoms with Crippen LogP contribution in [0.5, 0.6) is 0 Å². The quantitative estimate of drug-likeness (QED) is 0.195. The molecule has 0 N–H and O–H groups in total. The molecule has 0 nitrogen and oxygen atoms in total. The number of halogens is 1. The fraction of sp³-hybridized carbons (Fsp3) is 0.739. The molecule has 0 saturated heterocycles. The zero-order valence-electron chi connectivity index (χ0n) is 15.9. The Hall–Kier alpha value is -0.300. The number of unbranched alkanes of at least 4 members (excludes halogenated alkanes) is 11. The van der Waals surface area contributed by atoms with Crippen LogP contribution in [0.1, 0.15) is 96.0 Å². The highest BCUT2D eigenvalue weighted by Crippen LogP contribution is 2.15. The third-order valence-electron chi connectivity index (χ3n) is 5.02. The molecule has 0 amide bonds. The van der Waals surface area contributed by atoms with Crippen molar-refractivity contribution >= 4 is 15.9 Å². The molecule has 0 bridgehead atoms. The second-order valence-corrected chi connectivity index (χ2v) is 8.17. The van der Waals surface area contributed by atoms with E-state index in [4.69, 9.17) is 0 Å². The monoisotopic (exact) mass is 394 g/mol. The van der Waals surface area contributed by atoms with Crippen molar-refractivity contribution in [3.63, 3.8) is 0 Å². The van der Waals surface area contributed by atoms with Crippen molar-refractivity contribution in [3.8, 4) is 0 Å². The molecular weight excluding hydrogens is 356 g/mol. The van der Waals surface area contributed by atoms with E-state index in [1.807, 2.05) is 0 Å². The standard InChI is InChI=1S/C23H39Br/c1-22(21-24)17-13-10-8-6-4-2-3-5-7-9-11-14-18-23-19-15-12-16-20-23/h12,15-16,19-20,22H,2-11,13-14,17-18,21H2,1H3. The Morgan fingerprint density at radius 2 is 1.12 bits per heavy atom. The fourth-order valence-electron chi connectivity index (χ4n) is 3.31. The first kappa shape index (κ1) is 21.7. The first-order valence-corrected chi connectivity index (χ1v) is 11.5. The zero-order chi connectivity index (χ0) is 17.3. The summed E-state index contributed by atoms with van der Waals surface area (Å²) >= 11 is 3.56. The Bertz CT molecular complexity index is 360. The summed E-state index contributed by atoms with van der Waals surface area (Å²) in [4.78, 5) is 0. The Morgan fingerprint density at radius 3 is 1.62 bits per heavy atom. The highest BCUT2D eigenvalue weighted by atomic mass is 79.9. The second-order valence-electron chi connectivity index (χ2n) is 7.53. The van der Waals surface area contributed by atoms with Crippen LogP contribution < -0.4 is 0 Å². The second kappa shape index (κ2) is 16.2. The molecule has 0 aromatic heterocycles. The van der Waals surface area contributed by atoms with Crippen molar-refractivity contribution in [1.82, 2.24) is 0 Å². The van der Waals surface area contributed by atoms with Gasteiger partial charge in [-0.15, -0.1) is 0 Å². The van der Waals surface area contributed by atoms with Gasteiger partial charge in [0, 0.05) is 5.33 Å². The van der Waals surface area contributed by atoms with Crippen molar-refractivity contribution in [2.24, 2.45) is 5.92 Å². The minimum Gasteiger partial charge on any atom is -0.0925 e. The molecule has 0 heterocycles. The number of hydrogen-bond acceptors (Lipinski definition) is 0. The maximum atomic E-state index is 3.56. The van der Waals surface area contributed by atoms with Crippen LogP contribution in [0.15, 0.2) is 30.3 Å². The minimum absolute atomic E-state index is 0.859. The molecule has 0 fully saturated rings. The topological polar surface area (TPSA) is 0 Å². The molecule has 24 heavy (non-hydrogen) atoms. The lowest BCUT2D eigenvalue weighted by Gasteiger charge is -2.06. The van der Waals surface area contributed by atoms with Crippen LogP contribution in [0.3, 0.4) is 0 Å². The Kier molecular flexibility index (Phi) is 14.7. The van der Waals surface area contributed by atoms with Gasteiger partial charge in [-0.2, -0.15) is 0 Å². The largest absolute Gasteiger partial charge is 0.0925 e. The Labute approximate surface area is 160 Å². The molecule has 1 rings (SSSR count). The van der Waals surface area contributed by atoms with Gasteiger partial charge in [0.05, 0.1) is 0 Å². The number of alkyl halides is 1. The molecular formula is C23H39Br. The van der Waals surface area contributed by atoms with Gasteiger partial charge in [0.25, 0.3) is 0 Å². The lowest BCUT2D eigenvalue weighted by molar-refractivity contribution is 0.508. The molecule has 0 aliphatic rings. The maximum Gasteiger partial charge on any atom is 0.00570 e. The van der Waals surface area contributed by atoms with Crippen molar-refractivity contribution in [2.45, 2.75) is 96.8 Å². The molecule has 1 aromatic rings. The van der Waals surface area contributed by atoms with Crippen molar-refractivity contribution in [2.75, 3.05) is 5.33 Å². The van der Waals surface area contributed by atoms with Crippen molar-refractivity contribution in [1.29, 1.82) is 0 Å². The van der Waals surface area contributed by atoms with Gasteiger partial charge in [-0.05, 0) is 30.7 Å². The molecule has 0 saturated carbocycles. The summed E-state index contributed by atoms with van der Waals surface area (Å²) in [7, 11) is 0. The summed E-state index contributed by atoms with van der Waals surface area (Å²) in [6.07, 6.45) is 19.9. The van der Waals surface area contributed by atoms with E-state index >= 15 is 0 Å². The van der Waals surface area contributed by atoms with Gasteiger partial charge in [0.2, 0.25) is 0 Å². The van der Waals surface area contributed by atoms with Gasteiger partial charge in [-0.3, -0.25) is 0 Å². The molecule has 0 aliphatic carbocycles. The van der Waals surface area contributed by atoms with E-state index in [0.717, 1.165) is 5.92 Å². The normalized spacial score (nSPS) is 12.4. The van der Waals surface area contributed by atoms with Crippen LogP contribution in [-0.2, 0) is 6.42 Å². The lowest BCUT2D eigenvalue weighted by Crippen LogP contribution is -1.94. The molecule has 1 heteroatoms. The van der Waals surface area contributed by atoms with Gasteiger partial charge in [-0.1, -0.05) is 124 Å². The predicted molar refractivity (Wildman–Crippen MR) is 113 cm³/mol. The third kappa shape index (κ3) is 13.0. The average Bonchev–Trinajstić information content (AvgIpc) is 2.62. The summed E-state index contributed by atoms with van der Waals surface area (Å²) in [6, 6.07) is 10.9. The van der Waals surface area contributed by atoms with E-state index in [-0.39, 0.29) is 0 Å². The Morgan fingerprint density at radius 1 is 0.667 bits per heavy atom. The summed E-state index contributed by atoms with van der Waals surface area (Å²) in [6.45, 7) is 2.34. The lowest BCUT2D eigenvalue weighted by atomic mass is 10.0. The number of rotatable bonds is 16. The van der Waals surface area contributed by atoms with Crippen LogP contribution in [0, 0.1) is 5.92 Å². The van der Waals surface area contributed by atoms with Gasteiger partial charge >= 0.3 is 0 Å².